The van der Waals surface area contributed by atoms with E-state index in [9.17, 15) is 8.42 Å². The zero-order valence-corrected chi connectivity index (χ0v) is 12.4. The fourth-order valence-electron chi connectivity index (χ4n) is 1.86. The predicted octanol–water partition coefficient (Wildman–Crippen LogP) is 2.23. The Hall–Kier alpha value is -1.79. The topological polar surface area (TPSA) is 74.0 Å². The normalized spacial score (nSPS) is 11.5. The van der Waals surface area contributed by atoms with Crippen molar-refractivity contribution in [3.63, 3.8) is 0 Å². The lowest BCUT2D eigenvalue weighted by molar-refractivity contribution is 0.601. The Morgan fingerprint density at radius 3 is 2.75 bits per heavy atom. The zero-order valence-electron chi connectivity index (χ0n) is 11.6. The summed E-state index contributed by atoms with van der Waals surface area (Å²) in [5, 5.41) is 3.14. The molecule has 0 fully saturated rings. The lowest BCUT2D eigenvalue weighted by Gasteiger charge is -2.06. The van der Waals surface area contributed by atoms with Crippen LogP contribution in [0.5, 0.6) is 0 Å². The summed E-state index contributed by atoms with van der Waals surface area (Å²) in [4.78, 5) is 3.20. The number of H-pyrrole nitrogens is 1. The first-order chi connectivity index (χ1) is 9.51. The van der Waals surface area contributed by atoms with Gasteiger partial charge in [-0.3, -0.25) is 4.72 Å². The number of anilines is 1. The molecule has 0 spiro atoms. The Balaban J connectivity index is 2.16. The average molecular weight is 293 g/mol. The van der Waals surface area contributed by atoms with E-state index in [2.05, 4.69) is 15.0 Å². The van der Waals surface area contributed by atoms with E-state index >= 15 is 0 Å². The Labute approximate surface area is 119 Å². The molecule has 0 amide bonds. The third kappa shape index (κ3) is 3.61. The second-order valence-electron chi connectivity index (χ2n) is 4.62. The summed E-state index contributed by atoms with van der Waals surface area (Å²) in [5.74, 6) is 0. The van der Waals surface area contributed by atoms with Crippen molar-refractivity contribution in [3.05, 3.63) is 47.8 Å². The van der Waals surface area contributed by atoms with Crippen LogP contribution in [0, 0.1) is 6.92 Å². The number of benzene rings is 1. The van der Waals surface area contributed by atoms with Crippen molar-refractivity contribution in [1.82, 2.24) is 10.3 Å². The van der Waals surface area contributed by atoms with Crippen LogP contribution in [0.3, 0.4) is 0 Å². The molecule has 2 aromatic rings. The van der Waals surface area contributed by atoms with Crippen LogP contribution in [-0.2, 0) is 16.6 Å². The molecule has 0 bridgehead atoms. The Kier molecular flexibility index (Phi) is 4.46. The Morgan fingerprint density at radius 1 is 1.25 bits per heavy atom. The van der Waals surface area contributed by atoms with Crippen LogP contribution in [0.1, 0.15) is 18.2 Å². The number of rotatable bonds is 6. The van der Waals surface area contributed by atoms with Crippen molar-refractivity contribution in [2.75, 3.05) is 11.3 Å². The van der Waals surface area contributed by atoms with Gasteiger partial charge in [-0.1, -0.05) is 19.1 Å². The maximum atomic E-state index is 12.2. The van der Waals surface area contributed by atoms with E-state index in [1.165, 1.54) is 6.20 Å². The first-order valence-electron chi connectivity index (χ1n) is 6.49. The summed E-state index contributed by atoms with van der Waals surface area (Å²) in [6, 6.07) is 8.91. The van der Waals surface area contributed by atoms with Gasteiger partial charge < -0.3 is 10.3 Å². The van der Waals surface area contributed by atoms with Crippen molar-refractivity contribution in [2.24, 2.45) is 0 Å². The maximum Gasteiger partial charge on any atom is 0.263 e. The molecule has 1 aromatic carbocycles. The van der Waals surface area contributed by atoms with Gasteiger partial charge in [-0.2, -0.15) is 0 Å². The summed E-state index contributed by atoms with van der Waals surface area (Å²) in [6.07, 6.45) is 1.50. The van der Waals surface area contributed by atoms with Crippen LogP contribution in [-0.4, -0.2) is 19.9 Å². The molecule has 0 radical (unpaired) electrons. The van der Waals surface area contributed by atoms with Crippen molar-refractivity contribution in [1.29, 1.82) is 0 Å². The highest BCUT2D eigenvalue weighted by Gasteiger charge is 2.16. The van der Waals surface area contributed by atoms with Gasteiger partial charge >= 0.3 is 0 Å². The minimum Gasteiger partial charge on any atom is -0.363 e. The molecule has 0 aliphatic carbocycles. The summed E-state index contributed by atoms with van der Waals surface area (Å²) in [5.41, 5.74) is 2.42. The maximum absolute atomic E-state index is 12.2. The number of sulfonamides is 1. The van der Waals surface area contributed by atoms with Crippen LogP contribution in [0.15, 0.2) is 41.4 Å². The van der Waals surface area contributed by atoms with Gasteiger partial charge in [-0.15, -0.1) is 0 Å². The number of nitrogens with one attached hydrogen (secondary N) is 3. The van der Waals surface area contributed by atoms with Crippen LogP contribution in [0.4, 0.5) is 5.69 Å². The second kappa shape index (κ2) is 6.11. The van der Waals surface area contributed by atoms with Crippen molar-refractivity contribution in [2.45, 2.75) is 25.3 Å². The Bertz CT molecular complexity index is 677. The van der Waals surface area contributed by atoms with Crippen LogP contribution in [0.25, 0.3) is 0 Å². The molecular formula is C14H19N3O2S. The number of hydrogen-bond acceptors (Lipinski definition) is 3. The standard InChI is InChI=1S/C14H19N3O2S/c1-3-15-9-13-8-14(10-16-13)20(18,19)17-12-6-4-5-11(2)7-12/h4-8,10,15-17H,3,9H2,1-2H3. The highest BCUT2D eigenvalue weighted by Crippen LogP contribution is 2.17. The third-order valence-corrected chi connectivity index (χ3v) is 4.22. The fraction of sp³-hybridized carbons (Fsp3) is 0.286. The van der Waals surface area contributed by atoms with Crippen LogP contribution < -0.4 is 10.0 Å². The van der Waals surface area contributed by atoms with Crippen molar-refractivity contribution in [3.8, 4) is 0 Å². The molecular weight excluding hydrogens is 274 g/mol. The van der Waals surface area contributed by atoms with Gasteiger partial charge in [0, 0.05) is 24.1 Å². The molecule has 0 unspecified atom stereocenters. The molecule has 1 heterocycles. The van der Waals surface area contributed by atoms with Gasteiger partial charge in [-0.05, 0) is 37.2 Å². The number of aromatic nitrogens is 1. The van der Waals surface area contributed by atoms with Gasteiger partial charge in [0.2, 0.25) is 0 Å². The average Bonchev–Trinajstić information content (AvgIpc) is 2.85. The molecule has 2 rings (SSSR count). The van der Waals surface area contributed by atoms with E-state index in [0.717, 1.165) is 17.8 Å². The molecule has 0 saturated heterocycles. The van der Waals surface area contributed by atoms with Gasteiger partial charge in [0.1, 0.15) is 4.90 Å². The van der Waals surface area contributed by atoms with E-state index in [0.29, 0.717) is 12.2 Å². The van der Waals surface area contributed by atoms with Gasteiger partial charge in [0.15, 0.2) is 0 Å². The largest absolute Gasteiger partial charge is 0.363 e. The predicted molar refractivity (Wildman–Crippen MR) is 80.2 cm³/mol. The highest BCUT2D eigenvalue weighted by molar-refractivity contribution is 7.92. The Morgan fingerprint density at radius 2 is 2.05 bits per heavy atom. The summed E-state index contributed by atoms with van der Waals surface area (Å²) in [6.45, 7) is 5.38. The van der Waals surface area contributed by atoms with Crippen LogP contribution >= 0.6 is 0 Å². The SMILES string of the molecule is CCNCc1cc(S(=O)(=O)Nc2cccc(C)c2)c[nH]1. The second-order valence-corrected chi connectivity index (χ2v) is 6.30. The molecule has 1 aromatic heterocycles. The number of aromatic amines is 1. The summed E-state index contributed by atoms with van der Waals surface area (Å²) in [7, 11) is -3.54. The van der Waals surface area contributed by atoms with Crippen molar-refractivity contribution >= 4 is 15.7 Å². The minimum absolute atomic E-state index is 0.243. The van der Waals surface area contributed by atoms with Gasteiger partial charge in [-0.25, -0.2) is 8.42 Å². The highest BCUT2D eigenvalue weighted by atomic mass is 32.2. The van der Waals surface area contributed by atoms with Gasteiger partial charge in [0.05, 0.1) is 0 Å². The van der Waals surface area contributed by atoms with E-state index in [4.69, 9.17) is 0 Å². The molecule has 0 aliphatic rings. The zero-order chi connectivity index (χ0) is 14.6. The number of hydrogen-bond donors (Lipinski definition) is 3. The quantitative estimate of drug-likeness (QED) is 0.764. The third-order valence-electron chi connectivity index (χ3n) is 2.86. The van der Waals surface area contributed by atoms with Gasteiger partial charge in [0.25, 0.3) is 10.0 Å². The first-order valence-corrected chi connectivity index (χ1v) is 7.97. The van der Waals surface area contributed by atoms with E-state index in [1.54, 1.807) is 18.2 Å². The molecule has 108 valence electrons. The number of aryl methyl sites for hydroxylation is 1. The summed E-state index contributed by atoms with van der Waals surface area (Å²) < 4.78 is 27.1. The molecule has 0 atom stereocenters. The molecule has 0 saturated carbocycles. The summed E-state index contributed by atoms with van der Waals surface area (Å²) >= 11 is 0. The molecule has 5 nitrogen and oxygen atoms in total. The molecule has 6 heteroatoms. The fourth-order valence-corrected chi connectivity index (χ4v) is 2.92. The van der Waals surface area contributed by atoms with E-state index < -0.39 is 10.0 Å². The first kappa shape index (κ1) is 14.6. The lowest BCUT2D eigenvalue weighted by Crippen LogP contribution is -2.13. The smallest absolute Gasteiger partial charge is 0.263 e. The monoisotopic (exact) mass is 293 g/mol. The molecule has 0 aliphatic heterocycles. The molecule has 3 N–H and O–H groups in total. The molecule has 20 heavy (non-hydrogen) atoms. The minimum atomic E-state index is -3.54. The van der Waals surface area contributed by atoms with Crippen LogP contribution in [0.2, 0.25) is 0 Å². The van der Waals surface area contributed by atoms with Crippen molar-refractivity contribution < 1.29 is 8.42 Å². The lowest BCUT2D eigenvalue weighted by atomic mass is 10.2. The van der Waals surface area contributed by atoms with E-state index in [1.807, 2.05) is 26.0 Å². The van der Waals surface area contributed by atoms with E-state index in [-0.39, 0.29) is 4.90 Å².